The molecule has 1 N–H and O–H groups in total. The van der Waals surface area contributed by atoms with Crippen LogP contribution in [-0.4, -0.2) is 48.6 Å². The van der Waals surface area contributed by atoms with Gasteiger partial charge in [-0.05, 0) is 37.6 Å². The molecule has 1 aromatic rings. The van der Waals surface area contributed by atoms with Crippen molar-refractivity contribution in [3.63, 3.8) is 0 Å². The van der Waals surface area contributed by atoms with E-state index in [1.54, 1.807) is 18.2 Å². The van der Waals surface area contributed by atoms with Crippen LogP contribution in [-0.2, 0) is 0 Å². The molecule has 1 unspecified atom stereocenters. The first-order valence-electron chi connectivity index (χ1n) is 6.37. The molecule has 0 amide bonds. The van der Waals surface area contributed by atoms with Crippen LogP contribution in [0.2, 0.25) is 5.02 Å². The number of nitrogens with zero attached hydrogens (tertiary/aromatic N) is 1. The highest BCUT2D eigenvalue weighted by Gasteiger charge is 2.20. The third kappa shape index (κ3) is 3.69. The number of aliphatic hydroxyl groups excluding tert-OH is 1. The van der Waals surface area contributed by atoms with Gasteiger partial charge in [-0.3, -0.25) is 9.69 Å². The Kier molecular flexibility index (Phi) is 4.80. The zero-order chi connectivity index (χ0) is 13.8. The number of likely N-dealkylation sites (tertiary alicyclic amines) is 1. The molecule has 0 spiro atoms. The predicted molar refractivity (Wildman–Crippen MR) is 74.0 cm³/mol. The van der Waals surface area contributed by atoms with Gasteiger partial charge in [0.1, 0.15) is 5.75 Å². The molecule has 1 atom stereocenters. The molecule has 0 radical (unpaired) electrons. The van der Waals surface area contributed by atoms with E-state index in [9.17, 15) is 9.90 Å². The lowest BCUT2D eigenvalue weighted by molar-refractivity contribution is 0.0634. The number of halogens is 1. The number of ether oxygens (including phenoxy) is 1. The molecular weight excluding hydrogens is 266 g/mol. The number of Topliss-reactive ketones (excluding diaryl/α,β-unsaturated/α-hetero) is 1. The molecule has 1 heterocycles. The Morgan fingerprint density at radius 2 is 2.37 bits per heavy atom. The van der Waals surface area contributed by atoms with E-state index in [4.69, 9.17) is 16.3 Å². The number of piperidine rings is 1. The van der Waals surface area contributed by atoms with Crippen molar-refractivity contribution in [3.05, 3.63) is 28.8 Å². The van der Waals surface area contributed by atoms with E-state index in [0.29, 0.717) is 29.4 Å². The standard InChI is InChI=1S/C14H18ClNO3/c1-19-14-5-4-10(7-12(14)15)13(18)9-16-6-2-3-11(17)8-16/h4-5,7,11,17H,2-3,6,8-9H2,1H3. The third-order valence-electron chi connectivity index (χ3n) is 3.32. The summed E-state index contributed by atoms with van der Waals surface area (Å²) in [4.78, 5) is 14.1. The van der Waals surface area contributed by atoms with Crippen molar-refractivity contribution in [1.82, 2.24) is 4.90 Å². The van der Waals surface area contributed by atoms with E-state index in [0.717, 1.165) is 19.4 Å². The SMILES string of the molecule is COc1ccc(C(=O)CN2CCCC(O)C2)cc1Cl. The number of carbonyl (C=O) groups is 1. The summed E-state index contributed by atoms with van der Waals surface area (Å²) in [5.41, 5.74) is 0.575. The van der Waals surface area contributed by atoms with Crippen LogP contribution < -0.4 is 4.74 Å². The second kappa shape index (κ2) is 6.37. The summed E-state index contributed by atoms with van der Waals surface area (Å²) in [6.45, 7) is 1.74. The molecule has 0 aromatic heterocycles. The van der Waals surface area contributed by atoms with E-state index in [2.05, 4.69) is 0 Å². The monoisotopic (exact) mass is 283 g/mol. The number of aliphatic hydroxyl groups is 1. The Balaban J connectivity index is 2.01. The van der Waals surface area contributed by atoms with Crippen molar-refractivity contribution in [2.45, 2.75) is 18.9 Å². The maximum Gasteiger partial charge on any atom is 0.176 e. The molecule has 1 aliphatic rings. The van der Waals surface area contributed by atoms with Gasteiger partial charge in [-0.2, -0.15) is 0 Å². The Hall–Kier alpha value is -1.10. The maximum absolute atomic E-state index is 12.1. The molecule has 5 heteroatoms. The number of methoxy groups -OCH3 is 1. The first-order chi connectivity index (χ1) is 9.10. The van der Waals surface area contributed by atoms with Crippen LogP contribution in [0.25, 0.3) is 0 Å². The summed E-state index contributed by atoms with van der Waals surface area (Å²) >= 11 is 6.01. The number of hydrogen-bond donors (Lipinski definition) is 1. The van der Waals surface area contributed by atoms with Crippen LogP contribution in [0.3, 0.4) is 0 Å². The summed E-state index contributed by atoms with van der Waals surface area (Å²) in [5, 5.41) is 10.0. The Morgan fingerprint density at radius 3 is 3.00 bits per heavy atom. The molecule has 1 saturated heterocycles. The molecule has 104 valence electrons. The quantitative estimate of drug-likeness (QED) is 0.859. The minimum atomic E-state index is -0.319. The molecular formula is C14H18ClNO3. The number of carbonyl (C=O) groups excluding carboxylic acids is 1. The molecule has 1 fully saturated rings. The molecule has 19 heavy (non-hydrogen) atoms. The van der Waals surface area contributed by atoms with Crippen LogP contribution in [0.5, 0.6) is 5.75 Å². The maximum atomic E-state index is 12.1. The van der Waals surface area contributed by atoms with Crippen molar-refractivity contribution < 1.29 is 14.6 Å². The summed E-state index contributed by atoms with van der Waals surface area (Å²) in [5.74, 6) is 0.574. The fourth-order valence-electron chi connectivity index (χ4n) is 2.31. The van der Waals surface area contributed by atoms with Gasteiger partial charge in [-0.15, -0.1) is 0 Å². The molecule has 2 rings (SSSR count). The van der Waals surface area contributed by atoms with Crippen molar-refractivity contribution in [2.24, 2.45) is 0 Å². The van der Waals surface area contributed by atoms with Crippen LogP contribution >= 0.6 is 11.6 Å². The Morgan fingerprint density at radius 1 is 1.58 bits per heavy atom. The largest absolute Gasteiger partial charge is 0.495 e. The van der Waals surface area contributed by atoms with Gasteiger partial charge in [-0.1, -0.05) is 11.6 Å². The highest BCUT2D eigenvalue weighted by atomic mass is 35.5. The zero-order valence-corrected chi connectivity index (χ0v) is 11.7. The summed E-state index contributed by atoms with van der Waals surface area (Å²) in [6.07, 6.45) is 1.43. The average molecular weight is 284 g/mol. The van der Waals surface area contributed by atoms with E-state index in [1.807, 2.05) is 4.90 Å². The normalized spacial score (nSPS) is 20.3. The number of benzene rings is 1. The van der Waals surface area contributed by atoms with Crippen molar-refractivity contribution in [2.75, 3.05) is 26.7 Å². The lowest BCUT2D eigenvalue weighted by Gasteiger charge is -2.29. The minimum Gasteiger partial charge on any atom is -0.495 e. The summed E-state index contributed by atoms with van der Waals surface area (Å²) in [6, 6.07) is 5.04. The average Bonchev–Trinajstić information content (AvgIpc) is 2.38. The molecule has 0 saturated carbocycles. The lowest BCUT2D eigenvalue weighted by Crippen LogP contribution is -2.41. The molecule has 4 nitrogen and oxygen atoms in total. The van der Waals surface area contributed by atoms with Crippen LogP contribution in [0.15, 0.2) is 18.2 Å². The van der Waals surface area contributed by atoms with Crippen molar-refractivity contribution in [3.8, 4) is 5.75 Å². The highest BCUT2D eigenvalue weighted by Crippen LogP contribution is 2.25. The number of hydrogen-bond acceptors (Lipinski definition) is 4. The fraction of sp³-hybridized carbons (Fsp3) is 0.500. The lowest BCUT2D eigenvalue weighted by atomic mass is 10.1. The van der Waals surface area contributed by atoms with Gasteiger partial charge in [0.15, 0.2) is 5.78 Å². The topological polar surface area (TPSA) is 49.8 Å². The van der Waals surface area contributed by atoms with Gasteiger partial charge in [0.05, 0.1) is 24.8 Å². The molecule has 1 aliphatic heterocycles. The van der Waals surface area contributed by atoms with E-state index >= 15 is 0 Å². The van der Waals surface area contributed by atoms with Crippen LogP contribution in [0, 0.1) is 0 Å². The fourth-order valence-corrected chi connectivity index (χ4v) is 2.57. The van der Waals surface area contributed by atoms with Crippen LogP contribution in [0.4, 0.5) is 0 Å². The van der Waals surface area contributed by atoms with Gasteiger partial charge in [0, 0.05) is 12.1 Å². The van der Waals surface area contributed by atoms with Gasteiger partial charge in [0.25, 0.3) is 0 Å². The number of ketones is 1. The second-order valence-corrected chi connectivity index (χ2v) is 5.21. The minimum absolute atomic E-state index is 0.0126. The van der Waals surface area contributed by atoms with Gasteiger partial charge in [0.2, 0.25) is 0 Å². The van der Waals surface area contributed by atoms with E-state index in [1.165, 1.54) is 7.11 Å². The first kappa shape index (κ1) is 14.3. The number of β-amino-alcohol motifs (C(OH)–C–C–N with tert-alkyl or cyclic N) is 1. The first-order valence-corrected chi connectivity index (χ1v) is 6.75. The Labute approximate surface area is 117 Å². The molecule has 0 aliphatic carbocycles. The van der Waals surface area contributed by atoms with E-state index < -0.39 is 0 Å². The van der Waals surface area contributed by atoms with Crippen molar-refractivity contribution in [1.29, 1.82) is 0 Å². The molecule has 0 bridgehead atoms. The van der Waals surface area contributed by atoms with Gasteiger partial charge < -0.3 is 9.84 Å². The summed E-state index contributed by atoms with van der Waals surface area (Å²) < 4.78 is 5.06. The van der Waals surface area contributed by atoms with Gasteiger partial charge in [-0.25, -0.2) is 0 Å². The molecule has 1 aromatic carbocycles. The highest BCUT2D eigenvalue weighted by molar-refractivity contribution is 6.32. The van der Waals surface area contributed by atoms with Crippen LogP contribution in [0.1, 0.15) is 23.2 Å². The smallest absolute Gasteiger partial charge is 0.176 e. The van der Waals surface area contributed by atoms with E-state index in [-0.39, 0.29) is 11.9 Å². The third-order valence-corrected chi connectivity index (χ3v) is 3.62. The van der Waals surface area contributed by atoms with Gasteiger partial charge >= 0.3 is 0 Å². The second-order valence-electron chi connectivity index (χ2n) is 4.80. The van der Waals surface area contributed by atoms with Crippen molar-refractivity contribution >= 4 is 17.4 Å². The zero-order valence-electron chi connectivity index (χ0n) is 10.9. The number of rotatable bonds is 4. The predicted octanol–water partition coefficient (Wildman–Crippen LogP) is 1.99. The summed E-state index contributed by atoms with van der Waals surface area (Å²) in [7, 11) is 1.54. The Bertz CT molecular complexity index is 464.